The highest BCUT2D eigenvalue weighted by atomic mass is 32.2. The van der Waals surface area contributed by atoms with Gasteiger partial charge in [0, 0.05) is 12.3 Å². The van der Waals surface area contributed by atoms with Crippen molar-refractivity contribution in [3.8, 4) is 0 Å². The molecule has 0 saturated heterocycles. The minimum Gasteiger partial charge on any atom is -0.383 e. The molecule has 3 heterocycles. The van der Waals surface area contributed by atoms with Crippen molar-refractivity contribution in [3.63, 3.8) is 0 Å². The predicted octanol–water partition coefficient (Wildman–Crippen LogP) is 0.843. The number of thioether (sulfide) groups is 1. The molecule has 0 saturated carbocycles. The van der Waals surface area contributed by atoms with Crippen molar-refractivity contribution in [1.29, 1.82) is 0 Å². The first-order valence-corrected chi connectivity index (χ1v) is 6.32. The molecule has 1 aliphatic heterocycles. The molecule has 0 radical (unpaired) electrons. The quantitative estimate of drug-likeness (QED) is 0.788. The number of anilines is 1. The number of nitrogens with zero attached hydrogens (tertiary/aromatic N) is 4. The van der Waals surface area contributed by atoms with Crippen molar-refractivity contribution in [2.75, 3.05) is 11.5 Å². The molecule has 2 N–H and O–H groups in total. The normalized spacial score (nSPS) is 15.1. The van der Waals surface area contributed by atoms with Crippen LogP contribution in [0.3, 0.4) is 0 Å². The van der Waals surface area contributed by atoms with Crippen LogP contribution in [0.25, 0.3) is 11.0 Å². The van der Waals surface area contributed by atoms with Crippen LogP contribution in [0.4, 0.5) is 19.0 Å². The highest BCUT2D eigenvalue weighted by Crippen LogP contribution is 2.26. The zero-order valence-corrected chi connectivity index (χ0v) is 10.3. The number of hydrogen-bond acceptors (Lipinski definition) is 5. The maximum Gasteiger partial charge on any atom is 0.408 e. The molecule has 0 fully saturated rings. The van der Waals surface area contributed by atoms with Crippen LogP contribution in [0.1, 0.15) is 0 Å². The van der Waals surface area contributed by atoms with E-state index < -0.39 is 18.3 Å². The van der Waals surface area contributed by atoms with E-state index in [9.17, 15) is 18.0 Å². The summed E-state index contributed by atoms with van der Waals surface area (Å²) in [5.41, 5.74) is 5.11. The molecule has 102 valence electrons. The van der Waals surface area contributed by atoms with Crippen molar-refractivity contribution in [2.24, 2.45) is 0 Å². The van der Waals surface area contributed by atoms with Crippen LogP contribution < -0.4 is 11.3 Å². The molecule has 0 atom stereocenters. The Morgan fingerprint density at radius 2 is 2.16 bits per heavy atom. The summed E-state index contributed by atoms with van der Waals surface area (Å²) in [5, 5.41) is 4.09. The monoisotopic (exact) mass is 291 g/mol. The first-order chi connectivity index (χ1) is 8.87. The predicted molar refractivity (Wildman–Crippen MR) is 63.0 cm³/mol. The molecule has 0 bridgehead atoms. The fourth-order valence-corrected chi connectivity index (χ4v) is 2.88. The molecular weight excluding hydrogens is 283 g/mol. The highest BCUT2D eigenvalue weighted by molar-refractivity contribution is 7.99. The number of nitrogens with two attached hydrogens (primary N) is 1. The van der Waals surface area contributed by atoms with Crippen LogP contribution in [0, 0.1) is 0 Å². The van der Waals surface area contributed by atoms with Crippen molar-refractivity contribution in [3.05, 3.63) is 10.4 Å². The number of fused-ring (bicyclic) bond motifs is 2. The summed E-state index contributed by atoms with van der Waals surface area (Å²) in [6, 6.07) is 0. The van der Waals surface area contributed by atoms with Crippen molar-refractivity contribution in [2.45, 2.75) is 24.4 Å². The average Bonchev–Trinajstić information content (AvgIpc) is 2.84. The van der Waals surface area contributed by atoms with Crippen LogP contribution in [-0.4, -0.2) is 31.3 Å². The second kappa shape index (κ2) is 3.89. The van der Waals surface area contributed by atoms with Crippen LogP contribution in [-0.2, 0) is 13.1 Å². The number of alkyl halides is 3. The first kappa shape index (κ1) is 12.3. The topological polar surface area (TPSA) is 78.7 Å². The van der Waals surface area contributed by atoms with Gasteiger partial charge in [0.1, 0.15) is 17.7 Å². The zero-order valence-electron chi connectivity index (χ0n) is 9.44. The lowest BCUT2D eigenvalue weighted by atomic mass is 10.4. The van der Waals surface area contributed by atoms with Gasteiger partial charge in [-0.1, -0.05) is 11.8 Å². The maximum absolute atomic E-state index is 12.4. The molecule has 19 heavy (non-hydrogen) atoms. The second-order valence-electron chi connectivity index (χ2n) is 4.06. The highest BCUT2D eigenvalue weighted by Gasteiger charge is 2.31. The SMILES string of the molecule is Nc1c2c(=O)n3c(nc2nn1CC(F)(F)F)SCC3. The lowest BCUT2D eigenvalue weighted by Gasteiger charge is -2.06. The van der Waals surface area contributed by atoms with E-state index in [1.807, 2.05) is 0 Å². The van der Waals surface area contributed by atoms with Gasteiger partial charge in [-0.3, -0.25) is 9.36 Å². The van der Waals surface area contributed by atoms with Gasteiger partial charge in [0.25, 0.3) is 5.56 Å². The minimum atomic E-state index is -4.45. The van der Waals surface area contributed by atoms with E-state index in [0.29, 0.717) is 22.1 Å². The maximum atomic E-state index is 12.4. The molecule has 3 rings (SSSR count). The average molecular weight is 291 g/mol. The molecule has 2 aromatic heterocycles. The molecule has 0 amide bonds. The van der Waals surface area contributed by atoms with E-state index in [1.54, 1.807) is 0 Å². The standard InChI is InChI=1S/C9H8F3N5OS/c10-9(11,12)3-17-5(13)4-6(15-17)14-8-16(7(4)18)1-2-19-8/h1-3,13H2. The Balaban J connectivity index is 2.23. The molecule has 2 aromatic rings. The summed E-state index contributed by atoms with van der Waals surface area (Å²) in [4.78, 5) is 16.2. The summed E-state index contributed by atoms with van der Waals surface area (Å²) in [6.07, 6.45) is -4.45. The van der Waals surface area contributed by atoms with Gasteiger partial charge in [0.15, 0.2) is 10.8 Å². The second-order valence-corrected chi connectivity index (χ2v) is 5.12. The number of hydrogen-bond donors (Lipinski definition) is 1. The third kappa shape index (κ3) is 1.95. The van der Waals surface area contributed by atoms with Gasteiger partial charge >= 0.3 is 6.18 Å². The van der Waals surface area contributed by atoms with Crippen molar-refractivity contribution < 1.29 is 13.2 Å². The Kier molecular flexibility index (Phi) is 2.52. The molecule has 0 spiro atoms. The van der Waals surface area contributed by atoms with E-state index in [2.05, 4.69) is 10.1 Å². The van der Waals surface area contributed by atoms with Gasteiger partial charge in [-0.25, -0.2) is 9.67 Å². The molecule has 0 aliphatic carbocycles. The largest absolute Gasteiger partial charge is 0.408 e. The van der Waals surface area contributed by atoms with E-state index in [1.165, 1.54) is 16.3 Å². The number of halogens is 3. The zero-order chi connectivity index (χ0) is 13.8. The van der Waals surface area contributed by atoms with E-state index in [-0.39, 0.29) is 16.9 Å². The van der Waals surface area contributed by atoms with Crippen LogP contribution >= 0.6 is 11.8 Å². The first-order valence-electron chi connectivity index (χ1n) is 5.33. The van der Waals surface area contributed by atoms with Crippen LogP contribution in [0.2, 0.25) is 0 Å². The molecular formula is C9H8F3N5OS. The Morgan fingerprint density at radius 1 is 1.42 bits per heavy atom. The van der Waals surface area contributed by atoms with Crippen LogP contribution in [0.5, 0.6) is 0 Å². The summed E-state index contributed by atoms with van der Waals surface area (Å²) in [7, 11) is 0. The number of rotatable bonds is 1. The van der Waals surface area contributed by atoms with Crippen molar-refractivity contribution in [1.82, 2.24) is 19.3 Å². The lowest BCUT2D eigenvalue weighted by Crippen LogP contribution is -2.22. The van der Waals surface area contributed by atoms with Gasteiger partial charge < -0.3 is 5.73 Å². The summed E-state index contributed by atoms with van der Waals surface area (Å²) in [6.45, 7) is -0.858. The smallest absolute Gasteiger partial charge is 0.383 e. The Labute approximate surface area is 108 Å². The summed E-state index contributed by atoms with van der Waals surface area (Å²) in [5.74, 6) is 0.411. The number of nitrogen functional groups attached to an aromatic ring is 1. The van der Waals surface area contributed by atoms with Crippen molar-refractivity contribution >= 4 is 28.6 Å². The van der Waals surface area contributed by atoms with E-state index in [4.69, 9.17) is 5.73 Å². The van der Waals surface area contributed by atoms with Gasteiger partial charge in [0.2, 0.25) is 0 Å². The molecule has 10 heteroatoms. The number of aromatic nitrogens is 4. The summed E-state index contributed by atoms with van der Waals surface area (Å²) >= 11 is 1.36. The Morgan fingerprint density at radius 3 is 2.84 bits per heavy atom. The Bertz CT molecular complexity index is 719. The fourth-order valence-electron chi connectivity index (χ4n) is 1.94. The molecule has 0 aromatic carbocycles. The van der Waals surface area contributed by atoms with E-state index in [0.717, 1.165) is 0 Å². The molecule has 6 nitrogen and oxygen atoms in total. The van der Waals surface area contributed by atoms with Gasteiger partial charge in [0.05, 0.1) is 0 Å². The lowest BCUT2D eigenvalue weighted by molar-refractivity contribution is -0.142. The van der Waals surface area contributed by atoms with Gasteiger partial charge in [-0.05, 0) is 0 Å². The van der Waals surface area contributed by atoms with Crippen LogP contribution in [0.15, 0.2) is 9.95 Å². The molecule has 1 aliphatic rings. The van der Waals surface area contributed by atoms with Gasteiger partial charge in [-0.2, -0.15) is 13.2 Å². The minimum absolute atomic E-state index is 0.0348. The van der Waals surface area contributed by atoms with E-state index >= 15 is 0 Å². The van der Waals surface area contributed by atoms with Gasteiger partial charge in [-0.15, -0.1) is 5.10 Å². The Hall–Kier alpha value is -1.71. The molecule has 0 unspecified atom stereocenters. The third-order valence-electron chi connectivity index (χ3n) is 2.74. The third-order valence-corrected chi connectivity index (χ3v) is 3.70. The fraction of sp³-hybridized carbons (Fsp3) is 0.444. The summed E-state index contributed by atoms with van der Waals surface area (Å²) < 4.78 is 39.1.